The Kier molecular flexibility index (Phi) is 5.00. The largest absolute Gasteiger partial charge is 0.492 e. The van der Waals surface area contributed by atoms with Gasteiger partial charge in [0.05, 0.1) is 12.8 Å². The van der Waals surface area contributed by atoms with Gasteiger partial charge in [0, 0.05) is 6.20 Å². The maximum Gasteiger partial charge on any atom is 0.137 e. The van der Waals surface area contributed by atoms with E-state index < -0.39 is 0 Å². The van der Waals surface area contributed by atoms with Crippen molar-refractivity contribution in [3.63, 3.8) is 0 Å². The lowest BCUT2D eigenvalue weighted by atomic mass is 10.2. The Hall–Kier alpha value is -1.09. The molecule has 1 aromatic heterocycles. The molecule has 0 radical (unpaired) electrons. The van der Waals surface area contributed by atoms with Gasteiger partial charge in [-0.15, -0.1) is 0 Å². The van der Waals surface area contributed by atoms with E-state index in [2.05, 4.69) is 17.2 Å². The van der Waals surface area contributed by atoms with Crippen molar-refractivity contribution < 1.29 is 4.74 Å². The third-order valence-electron chi connectivity index (χ3n) is 1.92. The molecule has 0 saturated carbocycles. The van der Waals surface area contributed by atoms with E-state index >= 15 is 0 Å². The highest BCUT2D eigenvalue weighted by Gasteiger charge is 1.96. The van der Waals surface area contributed by atoms with Crippen molar-refractivity contribution in [2.24, 2.45) is 0 Å². The summed E-state index contributed by atoms with van der Waals surface area (Å²) in [5.74, 6) is 0.862. The van der Waals surface area contributed by atoms with Crippen LogP contribution in [0.4, 0.5) is 0 Å². The molecular weight excluding hydrogens is 176 g/mol. The lowest BCUT2D eigenvalue weighted by Gasteiger charge is -2.05. The van der Waals surface area contributed by atoms with Crippen LogP contribution in [0, 0.1) is 0 Å². The summed E-state index contributed by atoms with van der Waals surface area (Å²) in [6.07, 6.45) is 4.64. The van der Waals surface area contributed by atoms with Gasteiger partial charge < -0.3 is 10.1 Å². The highest BCUT2D eigenvalue weighted by atomic mass is 16.5. The molecule has 1 N–H and O–H groups in total. The average Bonchev–Trinajstić information content (AvgIpc) is 2.19. The molecule has 0 atom stereocenters. The summed E-state index contributed by atoms with van der Waals surface area (Å²) in [6, 6.07) is 2.05. The molecule has 14 heavy (non-hydrogen) atoms. The molecule has 1 heterocycles. The second-order valence-corrected chi connectivity index (χ2v) is 3.07. The molecule has 0 bridgehead atoms. The fourth-order valence-corrected chi connectivity index (χ4v) is 1.26. The van der Waals surface area contributed by atoms with Crippen LogP contribution in [0.1, 0.15) is 19.4 Å². The van der Waals surface area contributed by atoms with Crippen molar-refractivity contribution in [3.05, 3.63) is 24.0 Å². The van der Waals surface area contributed by atoms with Crippen molar-refractivity contribution in [1.82, 2.24) is 10.3 Å². The van der Waals surface area contributed by atoms with E-state index in [4.69, 9.17) is 4.74 Å². The Balaban J connectivity index is 2.46. The number of rotatable bonds is 6. The molecule has 0 aromatic carbocycles. The van der Waals surface area contributed by atoms with Crippen molar-refractivity contribution in [2.45, 2.75) is 20.3 Å². The molecule has 0 aliphatic heterocycles. The highest BCUT2D eigenvalue weighted by molar-refractivity contribution is 5.23. The van der Waals surface area contributed by atoms with Crippen LogP contribution >= 0.6 is 0 Å². The molecule has 0 fully saturated rings. The van der Waals surface area contributed by atoms with E-state index in [1.807, 2.05) is 19.2 Å². The van der Waals surface area contributed by atoms with E-state index in [0.29, 0.717) is 6.61 Å². The monoisotopic (exact) mass is 194 g/mol. The predicted octanol–water partition coefficient (Wildman–Crippen LogP) is 1.63. The first-order valence-electron chi connectivity index (χ1n) is 5.14. The first-order chi connectivity index (χ1) is 6.86. The number of ether oxygens (including phenoxy) is 1. The zero-order valence-corrected chi connectivity index (χ0v) is 8.92. The van der Waals surface area contributed by atoms with Gasteiger partial charge in [0.25, 0.3) is 0 Å². The Morgan fingerprint density at radius 1 is 1.36 bits per heavy atom. The third-order valence-corrected chi connectivity index (χ3v) is 1.92. The molecule has 0 saturated heterocycles. The molecular formula is C11H18N2O. The van der Waals surface area contributed by atoms with E-state index in [1.54, 1.807) is 6.20 Å². The predicted molar refractivity (Wildman–Crippen MR) is 57.7 cm³/mol. The number of aromatic nitrogens is 1. The SMILES string of the molecule is CCNCCc1cncc(OCC)c1. The lowest BCUT2D eigenvalue weighted by molar-refractivity contribution is 0.338. The summed E-state index contributed by atoms with van der Waals surface area (Å²) in [4.78, 5) is 4.13. The number of nitrogens with one attached hydrogen (secondary N) is 1. The summed E-state index contributed by atoms with van der Waals surface area (Å²) in [6.45, 7) is 6.78. The Morgan fingerprint density at radius 2 is 2.21 bits per heavy atom. The standard InChI is InChI=1S/C11H18N2O/c1-3-12-6-5-10-7-11(14-4-2)9-13-8-10/h7-9,12H,3-6H2,1-2H3. The van der Waals surface area contributed by atoms with Gasteiger partial charge in [-0.2, -0.15) is 0 Å². The van der Waals surface area contributed by atoms with Crippen LogP contribution in [0.2, 0.25) is 0 Å². The summed E-state index contributed by atoms with van der Waals surface area (Å²) >= 11 is 0. The van der Waals surface area contributed by atoms with Crippen LogP contribution in [-0.4, -0.2) is 24.7 Å². The van der Waals surface area contributed by atoms with Crippen LogP contribution in [0.15, 0.2) is 18.5 Å². The zero-order chi connectivity index (χ0) is 10.2. The number of nitrogens with zero attached hydrogens (tertiary/aromatic N) is 1. The Labute approximate surface area is 85.5 Å². The molecule has 1 aromatic rings. The summed E-state index contributed by atoms with van der Waals surface area (Å²) in [7, 11) is 0. The summed E-state index contributed by atoms with van der Waals surface area (Å²) < 4.78 is 5.37. The lowest BCUT2D eigenvalue weighted by Crippen LogP contribution is -2.16. The van der Waals surface area contributed by atoms with E-state index in [9.17, 15) is 0 Å². The van der Waals surface area contributed by atoms with Crippen molar-refractivity contribution in [2.75, 3.05) is 19.7 Å². The van der Waals surface area contributed by atoms with Gasteiger partial charge in [-0.3, -0.25) is 4.98 Å². The van der Waals surface area contributed by atoms with Crippen LogP contribution in [0.25, 0.3) is 0 Å². The minimum Gasteiger partial charge on any atom is -0.492 e. The average molecular weight is 194 g/mol. The van der Waals surface area contributed by atoms with Gasteiger partial charge in [-0.05, 0) is 38.1 Å². The van der Waals surface area contributed by atoms with E-state index in [0.717, 1.165) is 25.3 Å². The van der Waals surface area contributed by atoms with Crippen LogP contribution < -0.4 is 10.1 Å². The minimum absolute atomic E-state index is 0.693. The summed E-state index contributed by atoms with van der Waals surface area (Å²) in [5, 5.41) is 3.28. The highest BCUT2D eigenvalue weighted by Crippen LogP contribution is 2.10. The molecule has 0 spiro atoms. The van der Waals surface area contributed by atoms with Crippen molar-refractivity contribution in [3.8, 4) is 5.75 Å². The van der Waals surface area contributed by atoms with Crippen molar-refractivity contribution >= 4 is 0 Å². The number of likely N-dealkylation sites (N-methyl/N-ethyl adjacent to an activating group) is 1. The Morgan fingerprint density at radius 3 is 2.93 bits per heavy atom. The first kappa shape index (κ1) is 11.0. The third kappa shape index (κ3) is 3.75. The molecule has 0 aliphatic carbocycles. The molecule has 78 valence electrons. The fraction of sp³-hybridized carbons (Fsp3) is 0.545. The maximum absolute atomic E-state index is 5.37. The molecule has 0 amide bonds. The van der Waals surface area contributed by atoms with Gasteiger partial charge in [0.2, 0.25) is 0 Å². The molecule has 1 rings (SSSR count). The van der Waals surface area contributed by atoms with Crippen LogP contribution in [-0.2, 0) is 6.42 Å². The molecule has 0 aliphatic rings. The quantitative estimate of drug-likeness (QED) is 0.699. The number of pyridine rings is 1. The smallest absolute Gasteiger partial charge is 0.137 e. The van der Waals surface area contributed by atoms with Gasteiger partial charge >= 0.3 is 0 Å². The Bertz CT molecular complexity index is 263. The van der Waals surface area contributed by atoms with Gasteiger partial charge in [0.1, 0.15) is 5.75 Å². The van der Waals surface area contributed by atoms with E-state index in [-0.39, 0.29) is 0 Å². The van der Waals surface area contributed by atoms with Crippen LogP contribution in [0.5, 0.6) is 5.75 Å². The van der Waals surface area contributed by atoms with Crippen LogP contribution in [0.3, 0.4) is 0 Å². The zero-order valence-electron chi connectivity index (χ0n) is 8.92. The van der Waals surface area contributed by atoms with E-state index in [1.165, 1.54) is 5.56 Å². The minimum atomic E-state index is 0.693. The maximum atomic E-state index is 5.37. The second kappa shape index (κ2) is 6.38. The molecule has 3 nitrogen and oxygen atoms in total. The normalized spacial score (nSPS) is 10.1. The van der Waals surface area contributed by atoms with Gasteiger partial charge in [-0.25, -0.2) is 0 Å². The number of hydrogen-bond acceptors (Lipinski definition) is 3. The fourth-order valence-electron chi connectivity index (χ4n) is 1.26. The van der Waals surface area contributed by atoms with Crippen molar-refractivity contribution in [1.29, 1.82) is 0 Å². The van der Waals surface area contributed by atoms with Gasteiger partial charge in [-0.1, -0.05) is 6.92 Å². The summed E-state index contributed by atoms with van der Waals surface area (Å²) in [5.41, 5.74) is 1.22. The number of hydrogen-bond donors (Lipinski definition) is 1. The second-order valence-electron chi connectivity index (χ2n) is 3.07. The topological polar surface area (TPSA) is 34.2 Å². The van der Waals surface area contributed by atoms with Gasteiger partial charge in [0.15, 0.2) is 0 Å². The molecule has 3 heteroatoms. The molecule has 0 unspecified atom stereocenters. The first-order valence-corrected chi connectivity index (χ1v) is 5.14.